The van der Waals surface area contributed by atoms with Crippen LogP contribution in [0.4, 0.5) is 0 Å². The van der Waals surface area contributed by atoms with Gasteiger partial charge in [0.2, 0.25) is 21.7 Å². The first kappa shape index (κ1) is 22.3. The van der Waals surface area contributed by atoms with Crippen LogP contribution >= 0.6 is 0 Å². The summed E-state index contributed by atoms with van der Waals surface area (Å²) < 4.78 is 44.1. The maximum Gasteiger partial charge on any atom is 0.243 e. The van der Waals surface area contributed by atoms with E-state index in [0.717, 1.165) is 29.5 Å². The Labute approximate surface area is 188 Å². The lowest BCUT2D eigenvalue weighted by molar-refractivity contribution is 0.265. The van der Waals surface area contributed by atoms with E-state index in [9.17, 15) is 8.42 Å². The molecule has 1 aliphatic heterocycles. The minimum Gasteiger partial charge on any atom is -0.493 e. The highest BCUT2D eigenvalue weighted by Crippen LogP contribution is 2.34. The van der Waals surface area contributed by atoms with Crippen molar-refractivity contribution in [1.82, 2.24) is 14.4 Å². The van der Waals surface area contributed by atoms with Crippen LogP contribution in [0.1, 0.15) is 35.8 Å². The lowest BCUT2D eigenvalue weighted by atomic mass is 10.00. The number of aryl methyl sites for hydroxylation is 2. The Morgan fingerprint density at radius 3 is 2.53 bits per heavy atom. The molecule has 1 saturated heterocycles. The van der Waals surface area contributed by atoms with Crippen LogP contribution in [0.3, 0.4) is 0 Å². The molecule has 0 amide bonds. The first-order valence-corrected chi connectivity index (χ1v) is 11.9. The van der Waals surface area contributed by atoms with Crippen molar-refractivity contribution in [2.75, 3.05) is 27.3 Å². The first-order chi connectivity index (χ1) is 15.3. The summed E-state index contributed by atoms with van der Waals surface area (Å²) in [6.45, 7) is 4.67. The van der Waals surface area contributed by atoms with E-state index >= 15 is 0 Å². The minimum absolute atomic E-state index is 0.161. The average molecular weight is 458 g/mol. The largest absolute Gasteiger partial charge is 0.493 e. The third-order valence-corrected chi connectivity index (χ3v) is 7.79. The van der Waals surface area contributed by atoms with Gasteiger partial charge in [-0.05, 0) is 68.1 Å². The van der Waals surface area contributed by atoms with Crippen LogP contribution in [0.5, 0.6) is 11.5 Å². The molecule has 8 nitrogen and oxygen atoms in total. The second-order valence-electron chi connectivity index (χ2n) is 7.97. The molecule has 4 rings (SSSR count). The van der Waals surface area contributed by atoms with E-state index < -0.39 is 10.0 Å². The van der Waals surface area contributed by atoms with Gasteiger partial charge >= 0.3 is 0 Å². The van der Waals surface area contributed by atoms with Crippen molar-refractivity contribution >= 4 is 10.0 Å². The molecule has 1 unspecified atom stereocenters. The Bertz CT molecular complexity index is 1220. The molecule has 0 N–H and O–H groups in total. The minimum atomic E-state index is -3.59. The number of sulfonamides is 1. The van der Waals surface area contributed by atoms with E-state index in [1.165, 1.54) is 4.31 Å². The van der Waals surface area contributed by atoms with E-state index in [-0.39, 0.29) is 5.92 Å². The van der Waals surface area contributed by atoms with Gasteiger partial charge in [-0.15, -0.1) is 0 Å². The topological polar surface area (TPSA) is 94.8 Å². The summed E-state index contributed by atoms with van der Waals surface area (Å²) in [6, 6.07) is 10.6. The molecule has 1 aromatic heterocycles. The normalized spacial score (nSPS) is 17.3. The zero-order valence-corrected chi connectivity index (χ0v) is 19.5. The summed E-state index contributed by atoms with van der Waals surface area (Å²) in [5, 5.41) is 4.11. The Balaban J connectivity index is 1.56. The van der Waals surface area contributed by atoms with Crippen molar-refractivity contribution in [1.29, 1.82) is 0 Å². The van der Waals surface area contributed by atoms with Gasteiger partial charge < -0.3 is 14.0 Å². The van der Waals surface area contributed by atoms with Crippen LogP contribution in [-0.2, 0) is 10.0 Å². The molecule has 32 heavy (non-hydrogen) atoms. The van der Waals surface area contributed by atoms with Crippen LogP contribution in [0.2, 0.25) is 0 Å². The van der Waals surface area contributed by atoms with Gasteiger partial charge in [0, 0.05) is 18.7 Å². The van der Waals surface area contributed by atoms with Gasteiger partial charge in [0.15, 0.2) is 11.5 Å². The second-order valence-corrected chi connectivity index (χ2v) is 9.91. The number of rotatable bonds is 6. The maximum absolute atomic E-state index is 13.2. The number of ether oxygens (including phenoxy) is 2. The number of hydrogen-bond acceptors (Lipinski definition) is 7. The molecule has 2 heterocycles. The summed E-state index contributed by atoms with van der Waals surface area (Å²) in [5.41, 5.74) is 2.75. The number of methoxy groups -OCH3 is 2. The van der Waals surface area contributed by atoms with Gasteiger partial charge in [0.1, 0.15) is 0 Å². The van der Waals surface area contributed by atoms with Crippen molar-refractivity contribution in [2.45, 2.75) is 37.5 Å². The monoisotopic (exact) mass is 457 g/mol. The zero-order chi connectivity index (χ0) is 22.9. The molecular weight excluding hydrogens is 430 g/mol. The molecule has 9 heteroatoms. The van der Waals surface area contributed by atoms with Crippen LogP contribution in [0, 0.1) is 13.8 Å². The Morgan fingerprint density at radius 2 is 1.81 bits per heavy atom. The molecule has 170 valence electrons. The molecule has 0 spiro atoms. The highest BCUT2D eigenvalue weighted by atomic mass is 32.2. The molecule has 2 aromatic carbocycles. The molecule has 0 aliphatic carbocycles. The average Bonchev–Trinajstić information content (AvgIpc) is 3.31. The molecule has 1 atom stereocenters. The molecule has 0 saturated carbocycles. The second kappa shape index (κ2) is 8.91. The quantitative estimate of drug-likeness (QED) is 0.553. The highest BCUT2D eigenvalue weighted by molar-refractivity contribution is 7.89. The SMILES string of the molecule is COc1ccc(-c2noc(C3CCCN(S(=O)(=O)c4ccc(C)c(C)c4)C3)n2)cc1OC. The number of piperidine rings is 1. The molecule has 3 aromatic rings. The first-order valence-electron chi connectivity index (χ1n) is 10.5. The van der Waals surface area contributed by atoms with Crippen molar-refractivity contribution in [2.24, 2.45) is 0 Å². The summed E-state index contributed by atoms with van der Waals surface area (Å²) in [5.74, 6) is 1.88. The Hall–Kier alpha value is -2.91. The third-order valence-electron chi connectivity index (χ3n) is 5.93. The van der Waals surface area contributed by atoms with Gasteiger partial charge in [0.05, 0.1) is 25.0 Å². The molecule has 1 fully saturated rings. The lowest BCUT2D eigenvalue weighted by Crippen LogP contribution is -2.39. The van der Waals surface area contributed by atoms with E-state index in [1.54, 1.807) is 38.5 Å². The Morgan fingerprint density at radius 1 is 1.03 bits per heavy atom. The number of hydrogen-bond donors (Lipinski definition) is 0. The number of nitrogens with zero attached hydrogens (tertiary/aromatic N) is 3. The summed E-state index contributed by atoms with van der Waals surface area (Å²) in [7, 11) is -0.452. The van der Waals surface area contributed by atoms with Crippen molar-refractivity contribution in [3.63, 3.8) is 0 Å². The third kappa shape index (κ3) is 4.22. The van der Waals surface area contributed by atoms with Crippen LogP contribution in [0.25, 0.3) is 11.4 Å². The van der Waals surface area contributed by atoms with Crippen molar-refractivity contribution in [3.05, 3.63) is 53.4 Å². The van der Waals surface area contributed by atoms with E-state index in [1.807, 2.05) is 26.0 Å². The molecule has 0 bridgehead atoms. The summed E-state index contributed by atoms with van der Waals surface area (Å²) >= 11 is 0. The molecular formula is C23H27N3O5S. The van der Waals surface area contributed by atoms with Crippen molar-refractivity contribution in [3.8, 4) is 22.9 Å². The summed E-state index contributed by atoms with van der Waals surface area (Å²) in [6.07, 6.45) is 1.51. The smallest absolute Gasteiger partial charge is 0.243 e. The molecule has 1 aliphatic rings. The Kier molecular flexibility index (Phi) is 6.21. The van der Waals surface area contributed by atoms with Gasteiger partial charge in [-0.25, -0.2) is 8.42 Å². The van der Waals surface area contributed by atoms with Gasteiger partial charge in [-0.3, -0.25) is 0 Å². The van der Waals surface area contributed by atoms with Crippen molar-refractivity contribution < 1.29 is 22.4 Å². The number of aromatic nitrogens is 2. The fourth-order valence-electron chi connectivity index (χ4n) is 3.88. The van der Waals surface area contributed by atoms with E-state index in [2.05, 4.69) is 10.1 Å². The predicted molar refractivity (Wildman–Crippen MR) is 119 cm³/mol. The van der Waals surface area contributed by atoms with Crippen LogP contribution in [-0.4, -0.2) is 50.2 Å². The van der Waals surface area contributed by atoms with Gasteiger partial charge in [-0.2, -0.15) is 9.29 Å². The summed E-state index contributed by atoms with van der Waals surface area (Å²) in [4.78, 5) is 4.87. The fraction of sp³-hybridized carbons (Fsp3) is 0.391. The fourth-order valence-corrected chi connectivity index (χ4v) is 5.49. The maximum atomic E-state index is 13.2. The highest BCUT2D eigenvalue weighted by Gasteiger charge is 2.33. The zero-order valence-electron chi connectivity index (χ0n) is 18.7. The van der Waals surface area contributed by atoms with E-state index in [4.69, 9.17) is 14.0 Å². The lowest BCUT2D eigenvalue weighted by Gasteiger charge is -2.30. The van der Waals surface area contributed by atoms with Crippen LogP contribution in [0.15, 0.2) is 45.8 Å². The standard InChI is InChI=1S/C23H27N3O5S/c1-15-7-9-19(12-16(15)2)32(27,28)26-11-5-6-18(14-26)23-24-22(25-31-23)17-8-10-20(29-3)21(13-17)30-4/h7-10,12-13,18H,5-6,11,14H2,1-4H3. The van der Waals surface area contributed by atoms with Crippen LogP contribution < -0.4 is 9.47 Å². The van der Waals surface area contributed by atoms with Gasteiger partial charge in [-0.1, -0.05) is 11.2 Å². The number of benzene rings is 2. The van der Waals surface area contributed by atoms with Gasteiger partial charge in [0.25, 0.3) is 0 Å². The predicted octanol–water partition coefficient (Wildman–Crippen LogP) is 3.94. The van der Waals surface area contributed by atoms with E-state index in [0.29, 0.717) is 41.2 Å². The molecule has 0 radical (unpaired) electrons.